The zero-order chi connectivity index (χ0) is 16.5. The molecule has 1 aromatic rings. The minimum atomic E-state index is -0.500. The van der Waals surface area contributed by atoms with Gasteiger partial charge in [-0.3, -0.25) is 4.79 Å². The molecule has 1 aromatic carbocycles. The maximum Gasteiger partial charge on any atom is 0.312 e. The van der Waals surface area contributed by atoms with E-state index in [-0.39, 0.29) is 5.91 Å². The topological polar surface area (TPSA) is 87.5 Å². The monoisotopic (exact) mass is 318 g/mol. The molecule has 0 radical (unpaired) electrons. The number of nitrogens with zero attached hydrogens (tertiary/aromatic N) is 1. The molecule has 6 heteroatoms. The van der Waals surface area contributed by atoms with Gasteiger partial charge in [0.1, 0.15) is 0 Å². The number of nitrogens with one attached hydrogen (secondary N) is 2. The van der Waals surface area contributed by atoms with E-state index in [1.165, 1.54) is 18.5 Å². The summed E-state index contributed by atoms with van der Waals surface area (Å²) in [7, 11) is 0. The Kier molecular flexibility index (Phi) is 6.72. The van der Waals surface area contributed by atoms with Gasteiger partial charge in [-0.2, -0.15) is 0 Å². The van der Waals surface area contributed by atoms with Crippen molar-refractivity contribution in [1.29, 1.82) is 0 Å². The van der Waals surface area contributed by atoms with E-state index in [4.69, 9.17) is 5.73 Å². The number of rotatable bonds is 8. The van der Waals surface area contributed by atoms with Crippen LogP contribution in [0.15, 0.2) is 24.3 Å². The second kappa shape index (κ2) is 9.02. The van der Waals surface area contributed by atoms with Crippen molar-refractivity contribution < 1.29 is 9.59 Å². The molecule has 1 heterocycles. The smallest absolute Gasteiger partial charge is 0.312 e. The molecule has 0 aliphatic carbocycles. The summed E-state index contributed by atoms with van der Waals surface area (Å²) in [6.45, 7) is 2.81. The summed E-state index contributed by atoms with van der Waals surface area (Å²) < 4.78 is 0. The molecular formula is C17H26N4O2. The van der Waals surface area contributed by atoms with Gasteiger partial charge in [-0.1, -0.05) is 6.42 Å². The van der Waals surface area contributed by atoms with Crippen molar-refractivity contribution in [3.8, 4) is 0 Å². The average Bonchev–Trinajstić information content (AvgIpc) is 3.05. The van der Waals surface area contributed by atoms with Gasteiger partial charge in [-0.25, -0.2) is 4.79 Å². The second-order valence-corrected chi connectivity index (χ2v) is 5.89. The highest BCUT2D eigenvalue weighted by Gasteiger charge is 2.12. The molecule has 1 aliphatic rings. The SMILES string of the molecule is NC(=O)NCCCCCC(=O)Nc1ccc(N2CCCC2)cc1. The van der Waals surface area contributed by atoms with Crippen LogP contribution in [-0.4, -0.2) is 31.6 Å². The third kappa shape index (κ3) is 6.18. The fraction of sp³-hybridized carbons (Fsp3) is 0.529. The highest BCUT2D eigenvalue weighted by atomic mass is 16.2. The molecular weight excluding hydrogens is 292 g/mol. The molecule has 0 bridgehead atoms. The first-order chi connectivity index (χ1) is 11.1. The normalized spacial score (nSPS) is 13.8. The third-order valence-electron chi connectivity index (χ3n) is 4.00. The van der Waals surface area contributed by atoms with Gasteiger partial charge in [0, 0.05) is 37.4 Å². The number of hydrogen-bond donors (Lipinski definition) is 3. The molecule has 126 valence electrons. The fourth-order valence-electron chi connectivity index (χ4n) is 2.75. The van der Waals surface area contributed by atoms with Crippen molar-refractivity contribution in [2.75, 3.05) is 29.9 Å². The van der Waals surface area contributed by atoms with Crippen LogP contribution in [0.25, 0.3) is 0 Å². The number of primary amides is 1. The molecule has 0 atom stereocenters. The lowest BCUT2D eigenvalue weighted by molar-refractivity contribution is -0.116. The van der Waals surface area contributed by atoms with E-state index in [0.29, 0.717) is 13.0 Å². The van der Waals surface area contributed by atoms with Crippen molar-refractivity contribution in [2.24, 2.45) is 5.73 Å². The highest BCUT2D eigenvalue weighted by Crippen LogP contribution is 2.22. The van der Waals surface area contributed by atoms with Gasteiger partial charge in [0.15, 0.2) is 0 Å². The van der Waals surface area contributed by atoms with Crippen LogP contribution in [0, 0.1) is 0 Å². The summed E-state index contributed by atoms with van der Waals surface area (Å²) in [6, 6.07) is 7.55. The number of amides is 3. The predicted molar refractivity (Wildman–Crippen MR) is 92.6 cm³/mol. The number of unbranched alkanes of at least 4 members (excludes halogenated alkanes) is 2. The van der Waals surface area contributed by atoms with Gasteiger partial charge in [-0.15, -0.1) is 0 Å². The third-order valence-corrected chi connectivity index (χ3v) is 4.00. The average molecular weight is 318 g/mol. The molecule has 6 nitrogen and oxygen atoms in total. The molecule has 4 N–H and O–H groups in total. The quantitative estimate of drug-likeness (QED) is 0.643. The van der Waals surface area contributed by atoms with Gasteiger partial charge in [0.2, 0.25) is 5.91 Å². The van der Waals surface area contributed by atoms with E-state index in [1.807, 2.05) is 12.1 Å². The van der Waals surface area contributed by atoms with E-state index in [2.05, 4.69) is 27.7 Å². The number of nitrogens with two attached hydrogens (primary N) is 1. The van der Waals surface area contributed by atoms with Gasteiger partial charge in [0.25, 0.3) is 0 Å². The van der Waals surface area contributed by atoms with E-state index < -0.39 is 6.03 Å². The molecule has 1 saturated heterocycles. The van der Waals surface area contributed by atoms with Crippen LogP contribution in [0.5, 0.6) is 0 Å². The Balaban J connectivity index is 1.63. The number of carbonyl (C=O) groups is 2. The lowest BCUT2D eigenvalue weighted by Gasteiger charge is -2.17. The molecule has 1 fully saturated rings. The lowest BCUT2D eigenvalue weighted by Crippen LogP contribution is -2.29. The van der Waals surface area contributed by atoms with Gasteiger partial charge < -0.3 is 21.3 Å². The summed E-state index contributed by atoms with van der Waals surface area (Å²) in [5, 5.41) is 5.46. The molecule has 2 rings (SSSR count). The van der Waals surface area contributed by atoms with Crippen LogP contribution in [-0.2, 0) is 4.79 Å². The van der Waals surface area contributed by atoms with Crippen LogP contribution in [0.4, 0.5) is 16.2 Å². The Hall–Kier alpha value is -2.24. The molecule has 0 saturated carbocycles. The number of urea groups is 1. The van der Waals surface area contributed by atoms with E-state index in [0.717, 1.165) is 38.0 Å². The number of carbonyl (C=O) groups excluding carboxylic acids is 2. The summed E-state index contributed by atoms with van der Waals surface area (Å²) >= 11 is 0. The fourth-order valence-corrected chi connectivity index (χ4v) is 2.75. The summed E-state index contributed by atoms with van der Waals surface area (Å²) in [6.07, 6.45) is 5.53. The van der Waals surface area contributed by atoms with Gasteiger partial charge >= 0.3 is 6.03 Å². The molecule has 0 aromatic heterocycles. The van der Waals surface area contributed by atoms with Crippen molar-refractivity contribution in [1.82, 2.24) is 5.32 Å². The van der Waals surface area contributed by atoms with Gasteiger partial charge in [0.05, 0.1) is 0 Å². The second-order valence-electron chi connectivity index (χ2n) is 5.89. The molecule has 3 amide bonds. The van der Waals surface area contributed by atoms with E-state index >= 15 is 0 Å². The molecule has 0 unspecified atom stereocenters. The Labute approximate surface area is 137 Å². The standard InChI is InChI=1S/C17H26N4O2/c18-17(23)19-11-3-1-2-6-16(22)20-14-7-9-15(10-8-14)21-12-4-5-13-21/h7-10H,1-6,11-13H2,(H,20,22)(H3,18,19,23). The Bertz CT molecular complexity index is 510. The molecule has 1 aliphatic heterocycles. The zero-order valence-corrected chi connectivity index (χ0v) is 13.5. The molecule has 23 heavy (non-hydrogen) atoms. The van der Waals surface area contributed by atoms with Crippen molar-refractivity contribution in [2.45, 2.75) is 38.5 Å². The minimum Gasteiger partial charge on any atom is -0.372 e. The zero-order valence-electron chi connectivity index (χ0n) is 13.5. The molecule has 0 spiro atoms. The first kappa shape index (κ1) is 17.1. The van der Waals surface area contributed by atoms with Gasteiger partial charge in [-0.05, 0) is 49.9 Å². The highest BCUT2D eigenvalue weighted by molar-refractivity contribution is 5.90. The largest absolute Gasteiger partial charge is 0.372 e. The van der Waals surface area contributed by atoms with E-state index in [9.17, 15) is 9.59 Å². The number of anilines is 2. The van der Waals surface area contributed by atoms with Crippen LogP contribution in [0.1, 0.15) is 38.5 Å². The van der Waals surface area contributed by atoms with E-state index in [1.54, 1.807) is 0 Å². The first-order valence-corrected chi connectivity index (χ1v) is 8.33. The Morgan fingerprint density at radius 3 is 2.39 bits per heavy atom. The lowest BCUT2D eigenvalue weighted by atomic mass is 10.2. The predicted octanol–water partition coefficient (Wildman–Crippen LogP) is 2.45. The van der Waals surface area contributed by atoms with Crippen LogP contribution < -0.4 is 21.3 Å². The summed E-state index contributed by atoms with van der Waals surface area (Å²) in [5.74, 6) is 0.0294. The number of benzene rings is 1. The van der Waals surface area contributed by atoms with Crippen LogP contribution in [0.2, 0.25) is 0 Å². The first-order valence-electron chi connectivity index (χ1n) is 8.33. The Morgan fingerprint density at radius 2 is 1.74 bits per heavy atom. The summed E-state index contributed by atoms with van der Waals surface area (Å²) in [4.78, 5) is 24.7. The minimum absolute atomic E-state index is 0.0294. The Morgan fingerprint density at radius 1 is 1.04 bits per heavy atom. The van der Waals surface area contributed by atoms with Crippen LogP contribution >= 0.6 is 0 Å². The van der Waals surface area contributed by atoms with Crippen molar-refractivity contribution >= 4 is 23.3 Å². The van der Waals surface area contributed by atoms with Crippen molar-refractivity contribution in [3.05, 3.63) is 24.3 Å². The summed E-state index contributed by atoms with van der Waals surface area (Å²) in [5.41, 5.74) is 7.04. The van der Waals surface area contributed by atoms with Crippen LogP contribution in [0.3, 0.4) is 0 Å². The maximum atomic E-state index is 11.9. The van der Waals surface area contributed by atoms with Crippen molar-refractivity contribution in [3.63, 3.8) is 0 Å². The maximum absolute atomic E-state index is 11.9. The number of hydrogen-bond acceptors (Lipinski definition) is 3.